The topological polar surface area (TPSA) is 73.9 Å². The van der Waals surface area contributed by atoms with Crippen LogP contribution in [0.2, 0.25) is 0 Å². The highest BCUT2D eigenvalue weighted by Gasteiger charge is 2.24. The molecule has 0 spiro atoms. The van der Waals surface area contributed by atoms with Crippen LogP contribution in [0, 0.1) is 0 Å². The van der Waals surface area contributed by atoms with Gasteiger partial charge in [-0.05, 0) is 53.6 Å². The first-order valence-electron chi connectivity index (χ1n) is 10.2. The zero-order valence-electron chi connectivity index (χ0n) is 17.9. The molecule has 32 heavy (non-hydrogen) atoms. The fourth-order valence-electron chi connectivity index (χ4n) is 3.58. The van der Waals surface area contributed by atoms with Crippen LogP contribution in [0.1, 0.15) is 21.5 Å². The van der Waals surface area contributed by atoms with E-state index in [1.54, 1.807) is 43.5 Å². The normalized spacial score (nSPS) is 13.6. The number of hydrogen-bond acceptors (Lipinski definition) is 5. The largest absolute Gasteiger partial charge is 0.497 e. The Morgan fingerprint density at radius 2 is 1.75 bits per heavy atom. The lowest BCUT2D eigenvalue weighted by Gasteiger charge is -2.12. The highest BCUT2D eigenvalue weighted by molar-refractivity contribution is 6.15. The van der Waals surface area contributed by atoms with Crippen LogP contribution in [0.25, 0.3) is 6.08 Å². The van der Waals surface area contributed by atoms with Gasteiger partial charge in [0.1, 0.15) is 5.75 Å². The van der Waals surface area contributed by atoms with Crippen molar-refractivity contribution in [2.45, 2.75) is 6.42 Å². The minimum atomic E-state index is -0.294. The number of benzene rings is 3. The monoisotopic (exact) mass is 429 g/mol. The van der Waals surface area contributed by atoms with Crippen LogP contribution in [0.3, 0.4) is 0 Å². The van der Waals surface area contributed by atoms with Crippen LogP contribution in [-0.2, 0) is 11.2 Å². The number of anilines is 1. The van der Waals surface area contributed by atoms with Crippen LogP contribution in [0.15, 0.2) is 72.3 Å². The van der Waals surface area contributed by atoms with E-state index in [1.165, 1.54) is 7.11 Å². The third-order valence-corrected chi connectivity index (χ3v) is 5.20. The van der Waals surface area contributed by atoms with Crippen LogP contribution >= 0.6 is 0 Å². The molecule has 0 heterocycles. The molecule has 0 saturated carbocycles. The first kappa shape index (κ1) is 21.2. The van der Waals surface area contributed by atoms with Crippen LogP contribution in [0.4, 0.5) is 5.69 Å². The summed E-state index contributed by atoms with van der Waals surface area (Å²) in [5.74, 6) is 1.40. The Bertz CT molecular complexity index is 1180. The van der Waals surface area contributed by atoms with Crippen LogP contribution in [-0.4, -0.2) is 32.5 Å². The van der Waals surface area contributed by atoms with Gasteiger partial charge in [-0.1, -0.05) is 30.3 Å². The summed E-state index contributed by atoms with van der Waals surface area (Å²) in [7, 11) is 3.12. The predicted molar refractivity (Wildman–Crippen MR) is 123 cm³/mol. The highest BCUT2D eigenvalue weighted by atomic mass is 16.5. The molecular formula is C26H23NO5. The molecule has 0 aromatic heterocycles. The fraction of sp³-hybridized carbons (Fsp3) is 0.154. The van der Waals surface area contributed by atoms with Crippen molar-refractivity contribution < 1.29 is 23.8 Å². The summed E-state index contributed by atoms with van der Waals surface area (Å²) in [4.78, 5) is 24.8. The number of carbonyl (C=O) groups excluding carboxylic acids is 2. The van der Waals surface area contributed by atoms with E-state index in [1.807, 2.05) is 36.4 Å². The third kappa shape index (κ3) is 4.64. The Morgan fingerprint density at radius 1 is 0.969 bits per heavy atom. The van der Waals surface area contributed by atoms with Gasteiger partial charge in [0.2, 0.25) is 0 Å². The van der Waals surface area contributed by atoms with E-state index in [0.717, 1.165) is 22.3 Å². The van der Waals surface area contributed by atoms with E-state index >= 15 is 0 Å². The van der Waals surface area contributed by atoms with E-state index < -0.39 is 0 Å². The molecule has 162 valence electrons. The Hall–Kier alpha value is -4.06. The molecule has 0 aliphatic heterocycles. The summed E-state index contributed by atoms with van der Waals surface area (Å²) in [5, 5.41) is 2.77. The molecular weight excluding hydrogens is 406 g/mol. The summed E-state index contributed by atoms with van der Waals surface area (Å²) in [6.07, 6.45) is 2.48. The lowest BCUT2D eigenvalue weighted by Crippen LogP contribution is -2.20. The van der Waals surface area contributed by atoms with Crippen molar-refractivity contribution in [3.05, 3.63) is 89.0 Å². The van der Waals surface area contributed by atoms with Crippen molar-refractivity contribution in [2.75, 3.05) is 26.1 Å². The standard InChI is InChI=1S/C26H23NO5/c1-30-21-10-8-20(9-11-21)27-25(28)16-32-23-12-7-17(14-24(23)31-2)13-19-15-18-5-3-4-6-22(18)26(19)29/h3-14H,15-16H2,1-2H3,(H,27,28)/b19-13-. The molecule has 3 aromatic carbocycles. The number of ether oxygens (including phenoxy) is 3. The van der Waals surface area contributed by atoms with Crippen molar-refractivity contribution in [3.63, 3.8) is 0 Å². The summed E-state index contributed by atoms with van der Waals surface area (Å²) in [6, 6.07) is 20.0. The number of ketones is 1. The molecule has 0 radical (unpaired) electrons. The number of Topliss-reactive ketones (excluding diaryl/α,β-unsaturated/α-hetero) is 1. The molecule has 0 bridgehead atoms. The number of fused-ring (bicyclic) bond motifs is 1. The van der Waals surface area contributed by atoms with Crippen molar-refractivity contribution in [1.29, 1.82) is 0 Å². The maximum Gasteiger partial charge on any atom is 0.262 e. The lowest BCUT2D eigenvalue weighted by molar-refractivity contribution is -0.118. The number of rotatable bonds is 7. The van der Waals surface area contributed by atoms with Crippen LogP contribution < -0.4 is 19.5 Å². The van der Waals surface area contributed by atoms with E-state index in [9.17, 15) is 9.59 Å². The number of amides is 1. The molecule has 6 heteroatoms. The van der Waals surface area contributed by atoms with Gasteiger partial charge in [0.15, 0.2) is 23.9 Å². The summed E-state index contributed by atoms with van der Waals surface area (Å²) >= 11 is 0. The molecule has 0 unspecified atom stereocenters. The quantitative estimate of drug-likeness (QED) is 0.558. The van der Waals surface area contributed by atoms with Gasteiger partial charge >= 0.3 is 0 Å². The highest BCUT2D eigenvalue weighted by Crippen LogP contribution is 2.31. The van der Waals surface area contributed by atoms with Gasteiger partial charge in [0, 0.05) is 23.2 Å². The molecule has 0 saturated heterocycles. The SMILES string of the molecule is COc1ccc(NC(=O)COc2ccc(/C=C3/Cc4ccccc4C3=O)cc2OC)cc1. The average molecular weight is 429 g/mol. The summed E-state index contributed by atoms with van der Waals surface area (Å²) in [5.41, 5.74) is 4.01. The Balaban J connectivity index is 1.41. The second kappa shape index (κ2) is 9.39. The Morgan fingerprint density at radius 3 is 2.47 bits per heavy atom. The van der Waals surface area contributed by atoms with Crippen molar-refractivity contribution in [1.82, 2.24) is 0 Å². The first-order valence-corrected chi connectivity index (χ1v) is 10.2. The van der Waals surface area contributed by atoms with Gasteiger partial charge in [0.25, 0.3) is 5.91 Å². The molecule has 1 amide bonds. The van der Waals surface area contributed by atoms with Crippen molar-refractivity contribution >= 4 is 23.5 Å². The van der Waals surface area contributed by atoms with Gasteiger partial charge in [-0.2, -0.15) is 0 Å². The maximum absolute atomic E-state index is 12.6. The second-order valence-corrected chi connectivity index (χ2v) is 7.31. The number of carbonyl (C=O) groups is 2. The van der Waals surface area contributed by atoms with Crippen LogP contribution in [0.5, 0.6) is 17.2 Å². The summed E-state index contributed by atoms with van der Waals surface area (Å²) in [6.45, 7) is -0.170. The molecule has 6 nitrogen and oxygen atoms in total. The van der Waals surface area contributed by atoms with E-state index in [4.69, 9.17) is 14.2 Å². The van der Waals surface area contributed by atoms with Crippen molar-refractivity contribution in [3.8, 4) is 17.2 Å². The minimum Gasteiger partial charge on any atom is -0.497 e. The first-order chi connectivity index (χ1) is 15.6. The number of nitrogens with one attached hydrogen (secondary N) is 1. The van der Waals surface area contributed by atoms with E-state index in [0.29, 0.717) is 29.4 Å². The fourth-order valence-corrected chi connectivity index (χ4v) is 3.58. The van der Waals surface area contributed by atoms with E-state index in [2.05, 4.69) is 5.32 Å². The second-order valence-electron chi connectivity index (χ2n) is 7.31. The van der Waals surface area contributed by atoms with E-state index in [-0.39, 0.29) is 18.3 Å². The number of methoxy groups -OCH3 is 2. The molecule has 4 rings (SSSR count). The number of hydrogen-bond donors (Lipinski definition) is 1. The Labute approximate surface area is 186 Å². The lowest BCUT2D eigenvalue weighted by atomic mass is 10.1. The van der Waals surface area contributed by atoms with Gasteiger partial charge in [-0.3, -0.25) is 9.59 Å². The zero-order valence-corrected chi connectivity index (χ0v) is 17.9. The van der Waals surface area contributed by atoms with Gasteiger partial charge in [0.05, 0.1) is 14.2 Å². The zero-order chi connectivity index (χ0) is 22.5. The maximum atomic E-state index is 12.6. The predicted octanol–water partition coefficient (Wildman–Crippen LogP) is 4.54. The minimum absolute atomic E-state index is 0.0510. The van der Waals surface area contributed by atoms with Gasteiger partial charge < -0.3 is 19.5 Å². The number of allylic oxidation sites excluding steroid dienone is 1. The summed E-state index contributed by atoms with van der Waals surface area (Å²) < 4.78 is 16.2. The smallest absolute Gasteiger partial charge is 0.262 e. The molecule has 1 aliphatic rings. The molecule has 1 N–H and O–H groups in total. The third-order valence-electron chi connectivity index (χ3n) is 5.20. The Kier molecular flexibility index (Phi) is 6.22. The molecule has 0 atom stereocenters. The van der Waals surface area contributed by atoms with Gasteiger partial charge in [-0.15, -0.1) is 0 Å². The molecule has 1 aliphatic carbocycles. The molecule has 3 aromatic rings. The molecule has 0 fully saturated rings. The average Bonchev–Trinajstić information content (AvgIpc) is 3.13. The van der Waals surface area contributed by atoms with Gasteiger partial charge in [-0.25, -0.2) is 0 Å². The van der Waals surface area contributed by atoms with Crippen molar-refractivity contribution in [2.24, 2.45) is 0 Å².